The van der Waals surface area contributed by atoms with Crippen LogP contribution in [-0.2, 0) is 0 Å². The molecule has 0 aliphatic carbocycles. The van der Waals surface area contributed by atoms with E-state index in [9.17, 15) is 0 Å². The number of nitrogens with zero attached hydrogens (tertiary/aromatic N) is 2. The molecule has 0 saturated carbocycles. The van der Waals surface area contributed by atoms with Crippen molar-refractivity contribution >= 4 is 11.3 Å². The molecule has 0 bridgehead atoms. The molecule has 0 aliphatic rings. The number of anilines is 1. The second kappa shape index (κ2) is 5.04. The Bertz CT molecular complexity index is 939. The molecule has 0 amide bonds. The zero-order chi connectivity index (χ0) is 14.9. The van der Waals surface area contributed by atoms with Gasteiger partial charge in [-0.05, 0) is 18.2 Å². The number of para-hydroxylation sites is 1. The van der Waals surface area contributed by atoms with Gasteiger partial charge in [0.1, 0.15) is 5.65 Å². The number of hydrogen-bond acceptors (Lipinski definition) is 2. The number of fused-ring (bicyclic) bond motifs is 1. The summed E-state index contributed by atoms with van der Waals surface area (Å²) in [4.78, 5) is 4.81. The third-order valence-corrected chi connectivity index (χ3v) is 3.80. The van der Waals surface area contributed by atoms with Crippen molar-refractivity contribution in [3.8, 4) is 22.4 Å². The predicted octanol–water partition coefficient (Wildman–Crippen LogP) is 4.25. The summed E-state index contributed by atoms with van der Waals surface area (Å²) in [5.41, 5.74) is 11.9. The van der Waals surface area contributed by atoms with Crippen LogP contribution in [0.15, 0.2) is 79.1 Å². The van der Waals surface area contributed by atoms with Crippen molar-refractivity contribution < 1.29 is 0 Å². The molecule has 0 aliphatic heterocycles. The van der Waals surface area contributed by atoms with E-state index in [0.717, 1.165) is 33.7 Å². The first-order chi connectivity index (χ1) is 10.8. The number of nitrogens with two attached hydrogens (primary N) is 1. The number of hydrogen-bond donors (Lipinski definition) is 1. The predicted molar refractivity (Wildman–Crippen MR) is 90.5 cm³/mol. The molecule has 4 rings (SSSR count). The number of pyridine rings is 1. The molecule has 0 fully saturated rings. The number of imidazole rings is 1. The summed E-state index contributed by atoms with van der Waals surface area (Å²) in [6, 6.07) is 22.2. The molecule has 0 spiro atoms. The van der Waals surface area contributed by atoms with Crippen molar-refractivity contribution in [1.29, 1.82) is 0 Å². The fourth-order valence-corrected chi connectivity index (χ4v) is 2.71. The van der Waals surface area contributed by atoms with Gasteiger partial charge in [-0.25, -0.2) is 4.98 Å². The summed E-state index contributed by atoms with van der Waals surface area (Å²) in [7, 11) is 0. The molecule has 2 aromatic carbocycles. The van der Waals surface area contributed by atoms with Gasteiger partial charge in [-0.1, -0.05) is 48.5 Å². The Morgan fingerprint density at radius 3 is 2.32 bits per heavy atom. The van der Waals surface area contributed by atoms with Crippen molar-refractivity contribution in [3.05, 3.63) is 79.1 Å². The Morgan fingerprint density at radius 1 is 0.773 bits per heavy atom. The second-order valence-electron chi connectivity index (χ2n) is 5.23. The van der Waals surface area contributed by atoms with Gasteiger partial charge in [0.05, 0.1) is 5.69 Å². The zero-order valence-corrected chi connectivity index (χ0v) is 12.0. The van der Waals surface area contributed by atoms with Crippen molar-refractivity contribution in [1.82, 2.24) is 9.38 Å². The Morgan fingerprint density at radius 2 is 1.50 bits per heavy atom. The van der Waals surface area contributed by atoms with Gasteiger partial charge in [-0.15, -0.1) is 0 Å². The average molecular weight is 285 g/mol. The maximum Gasteiger partial charge on any atom is 0.145 e. The third-order valence-electron chi connectivity index (χ3n) is 3.80. The first kappa shape index (κ1) is 12.7. The normalized spacial score (nSPS) is 10.9. The summed E-state index contributed by atoms with van der Waals surface area (Å²) in [5, 5.41) is 0. The Balaban J connectivity index is 1.95. The smallest absolute Gasteiger partial charge is 0.145 e. The molecule has 2 N–H and O–H groups in total. The second-order valence-corrected chi connectivity index (χ2v) is 5.23. The highest BCUT2D eigenvalue weighted by Gasteiger charge is 2.10. The fourth-order valence-electron chi connectivity index (χ4n) is 2.71. The number of rotatable bonds is 2. The van der Waals surface area contributed by atoms with E-state index in [4.69, 9.17) is 10.7 Å². The van der Waals surface area contributed by atoms with E-state index in [1.165, 1.54) is 0 Å². The van der Waals surface area contributed by atoms with Gasteiger partial charge in [-0.3, -0.25) is 0 Å². The lowest BCUT2D eigenvalue weighted by Gasteiger charge is -2.06. The van der Waals surface area contributed by atoms with Gasteiger partial charge in [-0.2, -0.15) is 0 Å². The summed E-state index contributed by atoms with van der Waals surface area (Å²) in [6.45, 7) is 0. The van der Waals surface area contributed by atoms with E-state index >= 15 is 0 Å². The molecule has 2 aromatic heterocycles. The molecule has 0 radical (unpaired) electrons. The van der Waals surface area contributed by atoms with Gasteiger partial charge in [0.15, 0.2) is 0 Å². The van der Waals surface area contributed by atoms with Gasteiger partial charge >= 0.3 is 0 Å². The molecule has 2 heterocycles. The highest BCUT2D eigenvalue weighted by atomic mass is 15.0. The molecular formula is C19H15N3. The Labute approximate surface area is 128 Å². The molecule has 0 unspecified atom stereocenters. The van der Waals surface area contributed by atoms with Gasteiger partial charge in [0.25, 0.3) is 0 Å². The molecule has 3 nitrogen and oxygen atoms in total. The van der Waals surface area contributed by atoms with Crippen molar-refractivity contribution in [2.75, 3.05) is 5.73 Å². The SMILES string of the molecule is Nc1ccccc1-c1cccn2cc(-c3ccccc3)nc12. The summed E-state index contributed by atoms with van der Waals surface area (Å²) in [6.07, 6.45) is 4.06. The van der Waals surface area contributed by atoms with E-state index in [1.54, 1.807) is 0 Å². The number of nitrogen functional groups attached to an aromatic ring is 1. The van der Waals surface area contributed by atoms with Crippen LogP contribution in [0.1, 0.15) is 0 Å². The molecule has 22 heavy (non-hydrogen) atoms. The average Bonchev–Trinajstić information content (AvgIpc) is 3.00. The van der Waals surface area contributed by atoms with Crippen LogP contribution in [0.2, 0.25) is 0 Å². The summed E-state index contributed by atoms with van der Waals surface area (Å²) >= 11 is 0. The lowest BCUT2D eigenvalue weighted by Crippen LogP contribution is -1.92. The first-order valence-electron chi connectivity index (χ1n) is 7.21. The topological polar surface area (TPSA) is 43.3 Å². The van der Waals surface area contributed by atoms with Crippen LogP contribution in [0, 0.1) is 0 Å². The molecule has 106 valence electrons. The number of benzene rings is 2. The highest BCUT2D eigenvalue weighted by molar-refractivity contribution is 5.86. The quantitative estimate of drug-likeness (QED) is 0.559. The van der Waals surface area contributed by atoms with Gasteiger partial charge < -0.3 is 10.1 Å². The molecule has 4 aromatic rings. The van der Waals surface area contributed by atoms with Crippen LogP contribution in [0.3, 0.4) is 0 Å². The minimum absolute atomic E-state index is 0.764. The third kappa shape index (κ3) is 2.04. The van der Waals surface area contributed by atoms with E-state index in [-0.39, 0.29) is 0 Å². The Kier molecular flexibility index (Phi) is 2.90. The van der Waals surface area contributed by atoms with Crippen LogP contribution >= 0.6 is 0 Å². The molecule has 0 saturated heterocycles. The van der Waals surface area contributed by atoms with E-state index < -0.39 is 0 Å². The van der Waals surface area contributed by atoms with E-state index in [0.29, 0.717) is 0 Å². The lowest BCUT2D eigenvalue weighted by molar-refractivity contribution is 1.19. The lowest BCUT2D eigenvalue weighted by atomic mass is 10.1. The zero-order valence-electron chi connectivity index (χ0n) is 12.0. The number of aromatic nitrogens is 2. The first-order valence-corrected chi connectivity index (χ1v) is 7.21. The fraction of sp³-hybridized carbons (Fsp3) is 0. The maximum atomic E-state index is 6.12. The Hall–Kier alpha value is -3.07. The molecule has 3 heteroatoms. The van der Waals surface area contributed by atoms with Gasteiger partial charge in [0.2, 0.25) is 0 Å². The monoisotopic (exact) mass is 285 g/mol. The molecular weight excluding hydrogens is 270 g/mol. The van der Waals surface area contributed by atoms with Crippen molar-refractivity contribution in [2.24, 2.45) is 0 Å². The van der Waals surface area contributed by atoms with Crippen molar-refractivity contribution in [2.45, 2.75) is 0 Å². The minimum atomic E-state index is 0.764. The van der Waals surface area contributed by atoms with E-state index in [1.807, 2.05) is 65.3 Å². The largest absolute Gasteiger partial charge is 0.398 e. The van der Waals surface area contributed by atoms with E-state index in [2.05, 4.69) is 18.2 Å². The minimum Gasteiger partial charge on any atom is -0.398 e. The van der Waals surface area contributed by atoms with Crippen LogP contribution in [0.4, 0.5) is 5.69 Å². The van der Waals surface area contributed by atoms with Crippen LogP contribution in [0.5, 0.6) is 0 Å². The van der Waals surface area contributed by atoms with Crippen LogP contribution < -0.4 is 5.73 Å². The standard InChI is InChI=1S/C19H15N3/c20-17-11-5-4-9-15(17)16-10-6-12-22-13-18(21-19(16)22)14-7-2-1-3-8-14/h1-13H,20H2. The molecule has 0 atom stereocenters. The highest BCUT2D eigenvalue weighted by Crippen LogP contribution is 2.30. The summed E-state index contributed by atoms with van der Waals surface area (Å²) in [5.74, 6) is 0. The van der Waals surface area contributed by atoms with Gasteiger partial charge in [0, 0.05) is 34.8 Å². The summed E-state index contributed by atoms with van der Waals surface area (Å²) < 4.78 is 2.05. The van der Waals surface area contributed by atoms with Crippen LogP contribution in [0.25, 0.3) is 28.0 Å². The maximum absolute atomic E-state index is 6.12. The van der Waals surface area contributed by atoms with Crippen molar-refractivity contribution in [3.63, 3.8) is 0 Å². The van der Waals surface area contributed by atoms with Crippen LogP contribution in [-0.4, -0.2) is 9.38 Å².